The zero-order valence-electron chi connectivity index (χ0n) is 10.6. The van der Waals surface area contributed by atoms with Gasteiger partial charge in [-0.05, 0) is 37.6 Å². The van der Waals surface area contributed by atoms with Crippen molar-refractivity contribution in [3.8, 4) is 0 Å². The minimum absolute atomic E-state index is 0.00139. The predicted octanol–water partition coefficient (Wildman–Crippen LogP) is 1.12. The lowest BCUT2D eigenvalue weighted by Crippen LogP contribution is -2.37. The van der Waals surface area contributed by atoms with Gasteiger partial charge in [-0.15, -0.1) is 0 Å². The molecule has 1 aromatic carbocycles. The Kier molecular flexibility index (Phi) is 4.35. The number of urea groups is 1. The molecule has 19 heavy (non-hydrogen) atoms. The molecular weight excluding hydrogens is 244 g/mol. The molecule has 1 aliphatic heterocycles. The summed E-state index contributed by atoms with van der Waals surface area (Å²) in [5.74, 6) is 0.00457. The lowest BCUT2D eigenvalue weighted by Gasteiger charge is -2.22. The standard InChI is InChI=1S/C13H18N4O2/c14-13(19)17-11-5-1-4-10(7-11)16-12(18)9-3-2-6-15-8-9/h1,4-5,7,9,15H,2-3,6,8H2,(H,16,18)(H3,14,17,19)/t9-/m1/s1. The van der Waals surface area contributed by atoms with Crippen LogP contribution in [0.5, 0.6) is 0 Å². The summed E-state index contributed by atoms with van der Waals surface area (Å²) in [7, 11) is 0. The highest BCUT2D eigenvalue weighted by atomic mass is 16.2. The van der Waals surface area contributed by atoms with Gasteiger partial charge in [-0.3, -0.25) is 4.79 Å². The first-order valence-corrected chi connectivity index (χ1v) is 6.33. The number of nitrogens with one attached hydrogen (secondary N) is 3. The molecule has 1 atom stereocenters. The smallest absolute Gasteiger partial charge is 0.316 e. The second kappa shape index (κ2) is 6.19. The van der Waals surface area contributed by atoms with Gasteiger partial charge in [0.15, 0.2) is 0 Å². The van der Waals surface area contributed by atoms with Crippen LogP contribution in [0.2, 0.25) is 0 Å². The van der Waals surface area contributed by atoms with E-state index in [1.165, 1.54) is 0 Å². The number of carbonyl (C=O) groups is 2. The quantitative estimate of drug-likeness (QED) is 0.657. The fraction of sp³-hybridized carbons (Fsp3) is 0.385. The number of rotatable bonds is 3. The van der Waals surface area contributed by atoms with E-state index in [1.807, 2.05) is 0 Å². The largest absolute Gasteiger partial charge is 0.351 e. The molecule has 0 aromatic heterocycles. The van der Waals surface area contributed by atoms with Gasteiger partial charge < -0.3 is 21.7 Å². The molecular formula is C13H18N4O2. The molecule has 1 fully saturated rings. The normalized spacial score (nSPS) is 18.6. The molecule has 0 saturated carbocycles. The molecule has 0 radical (unpaired) electrons. The topological polar surface area (TPSA) is 96.2 Å². The number of primary amides is 1. The maximum atomic E-state index is 12.0. The second-order valence-corrected chi connectivity index (χ2v) is 4.60. The van der Waals surface area contributed by atoms with Gasteiger partial charge in [-0.25, -0.2) is 4.79 Å². The Morgan fingerprint density at radius 1 is 1.26 bits per heavy atom. The lowest BCUT2D eigenvalue weighted by atomic mass is 9.99. The minimum Gasteiger partial charge on any atom is -0.351 e. The van der Waals surface area contributed by atoms with Gasteiger partial charge in [0.25, 0.3) is 0 Å². The third-order valence-electron chi connectivity index (χ3n) is 3.07. The summed E-state index contributed by atoms with van der Waals surface area (Å²) in [6, 6.07) is 6.29. The van der Waals surface area contributed by atoms with Gasteiger partial charge in [-0.1, -0.05) is 6.07 Å². The Morgan fingerprint density at radius 3 is 2.63 bits per heavy atom. The molecule has 1 aliphatic rings. The average molecular weight is 262 g/mol. The molecule has 6 nitrogen and oxygen atoms in total. The van der Waals surface area contributed by atoms with Crippen LogP contribution in [0.25, 0.3) is 0 Å². The summed E-state index contributed by atoms with van der Waals surface area (Å²) in [5.41, 5.74) is 6.26. The zero-order valence-corrected chi connectivity index (χ0v) is 10.6. The summed E-state index contributed by atoms with van der Waals surface area (Å²) in [5, 5.41) is 8.53. The number of nitrogens with two attached hydrogens (primary N) is 1. The van der Waals surface area contributed by atoms with E-state index in [9.17, 15) is 9.59 Å². The first-order chi connectivity index (χ1) is 9.15. The first-order valence-electron chi connectivity index (χ1n) is 6.33. The number of hydrogen-bond donors (Lipinski definition) is 4. The molecule has 102 valence electrons. The van der Waals surface area contributed by atoms with Crippen molar-refractivity contribution in [3.63, 3.8) is 0 Å². The molecule has 0 bridgehead atoms. The van der Waals surface area contributed by atoms with Crippen LogP contribution in [0.15, 0.2) is 24.3 Å². The van der Waals surface area contributed by atoms with E-state index >= 15 is 0 Å². The molecule has 5 N–H and O–H groups in total. The van der Waals surface area contributed by atoms with Gasteiger partial charge in [0.2, 0.25) is 5.91 Å². The van der Waals surface area contributed by atoms with Crippen molar-refractivity contribution in [1.29, 1.82) is 0 Å². The van der Waals surface area contributed by atoms with Crippen molar-refractivity contribution >= 4 is 23.3 Å². The Hall–Kier alpha value is -2.08. The number of carbonyl (C=O) groups excluding carboxylic acids is 2. The monoisotopic (exact) mass is 262 g/mol. The van der Waals surface area contributed by atoms with Crippen LogP contribution in [0.1, 0.15) is 12.8 Å². The molecule has 0 spiro atoms. The summed E-state index contributed by atoms with van der Waals surface area (Å²) >= 11 is 0. The van der Waals surface area contributed by atoms with E-state index in [1.54, 1.807) is 24.3 Å². The number of hydrogen-bond acceptors (Lipinski definition) is 3. The van der Waals surface area contributed by atoms with Gasteiger partial charge >= 0.3 is 6.03 Å². The van der Waals surface area contributed by atoms with Gasteiger partial charge in [0.1, 0.15) is 0 Å². The molecule has 6 heteroatoms. The van der Waals surface area contributed by atoms with E-state index in [2.05, 4.69) is 16.0 Å². The van der Waals surface area contributed by atoms with Crippen molar-refractivity contribution in [2.75, 3.05) is 23.7 Å². The number of piperidine rings is 1. The lowest BCUT2D eigenvalue weighted by molar-refractivity contribution is -0.120. The van der Waals surface area contributed by atoms with Gasteiger partial charge in [0.05, 0.1) is 5.92 Å². The van der Waals surface area contributed by atoms with Crippen LogP contribution in [0, 0.1) is 5.92 Å². The van der Waals surface area contributed by atoms with Crippen LogP contribution in [0.3, 0.4) is 0 Å². The molecule has 2 rings (SSSR count). The van der Waals surface area contributed by atoms with Gasteiger partial charge in [0, 0.05) is 17.9 Å². The van der Waals surface area contributed by atoms with Crippen LogP contribution in [-0.4, -0.2) is 25.0 Å². The van der Waals surface area contributed by atoms with Crippen LogP contribution < -0.4 is 21.7 Å². The van der Waals surface area contributed by atoms with Crippen molar-refractivity contribution in [2.45, 2.75) is 12.8 Å². The predicted molar refractivity (Wildman–Crippen MR) is 73.9 cm³/mol. The van der Waals surface area contributed by atoms with Crippen molar-refractivity contribution in [2.24, 2.45) is 11.7 Å². The van der Waals surface area contributed by atoms with Crippen LogP contribution >= 0.6 is 0 Å². The molecule has 1 aromatic rings. The van der Waals surface area contributed by atoms with Crippen molar-refractivity contribution < 1.29 is 9.59 Å². The Bertz CT molecular complexity index is 469. The maximum absolute atomic E-state index is 12.0. The number of anilines is 2. The highest BCUT2D eigenvalue weighted by Crippen LogP contribution is 2.17. The molecule has 0 unspecified atom stereocenters. The zero-order chi connectivity index (χ0) is 13.7. The Morgan fingerprint density at radius 2 is 2.00 bits per heavy atom. The molecule has 0 aliphatic carbocycles. The minimum atomic E-state index is -0.625. The van der Waals surface area contributed by atoms with Crippen LogP contribution in [0.4, 0.5) is 16.2 Å². The Labute approximate surface area is 111 Å². The van der Waals surface area contributed by atoms with E-state index in [4.69, 9.17) is 5.73 Å². The van der Waals surface area contributed by atoms with E-state index in [0.29, 0.717) is 17.9 Å². The molecule has 1 saturated heterocycles. The summed E-state index contributed by atoms with van der Waals surface area (Å²) in [4.78, 5) is 22.8. The second-order valence-electron chi connectivity index (χ2n) is 4.60. The van der Waals surface area contributed by atoms with E-state index in [-0.39, 0.29) is 11.8 Å². The van der Waals surface area contributed by atoms with E-state index < -0.39 is 6.03 Å². The van der Waals surface area contributed by atoms with Crippen molar-refractivity contribution in [3.05, 3.63) is 24.3 Å². The van der Waals surface area contributed by atoms with Crippen LogP contribution in [-0.2, 0) is 4.79 Å². The SMILES string of the molecule is NC(=O)Nc1cccc(NC(=O)[C@@H]2CCCNC2)c1. The fourth-order valence-electron chi connectivity index (χ4n) is 2.14. The highest BCUT2D eigenvalue weighted by Gasteiger charge is 2.20. The Balaban J connectivity index is 1.97. The highest BCUT2D eigenvalue weighted by molar-refractivity contribution is 5.94. The number of benzene rings is 1. The summed E-state index contributed by atoms with van der Waals surface area (Å²) in [6.45, 7) is 1.69. The third kappa shape index (κ3) is 3.96. The van der Waals surface area contributed by atoms with E-state index in [0.717, 1.165) is 19.4 Å². The van der Waals surface area contributed by atoms with Gasteiger partial charge in [-0.2, -0.15) is 0 Å². The fourth-order valence-corrected chi connectivity index (χ4v) is 2.14. The first kappa shape index (κ1) is 13.4. The maximum Gasteiger partial charge on any atom is 0.316 e. The van der Waals surface area contributed by atoms with Crippen molar-refractivity contribution in [1.82, 2.24) is 5.32 Å². The summed E-state index contributed by atoms with van der Waals surface area (Å²) in [6.07, 6.45) is 1.92. The summed E-state index contributed by atoms with van der Waals surface area (Å²) < 4.78 is 0. The third-order valence-corrected chi connectivity index (χ3v) is 3.07. The molecule has 3 amide bonds. The average Bonchev–Trinajstić information content (AvgIpc) is 2.39. The molecule has 1 heterocycles. The number of amides is 3.